The summed E-state index contributed by atoms with van der Waals surface area (Å²) >= 11 is 0. The predicted octanol–water partition coefficient (Wildman–Crippen LogP) is 3.83. The number of carbonyl (C=O) groups is 2. The summed E-state index contributed by atoms with van der Waals surface area (Å²) in [5.74, 6) is 0.512. The minimum atomic E-state index is -0.799. The first-order valence-electron chi connectivity index (χ1n) is 11.7. The van der Waals surface area contributed by atoms with Gasteiger partial charge in [0.15, 0.2) is 23.0 Å². The van der Waals surface area contributed by atoms with E-state index in [0.29, 0.717) is 34.1 Å². The summed E-state index contributed by atoms with van der Waals surface area (Å²) in [6.45, 7) is 0.355. The van der Waals surface area contributed by atoms with Crippen molar-refractivity contribution in [1.82, 2.24) is 4.90 Å². The number of Topliss-reactive ketones (excluding diaryl/α,β-unsaturated/α-hetero) is 1. The lowest BCUT2D eigenvalue weighted by Gasteiger charge is -2.26. The van der Waals surface area contributed by atoms with Crippen LogP contribution in [-0.2, 0) is 16.1 Å². The summed E-state index contributed by atoms with van der Waals surface area (Å²) in [4.78, 5) is 30.2. The number of likely N-dealkylation sites (tertiary alicyclic amines) is 1. The third-order valence-electron chi connectivity index (χ3n) is 6.70. The van der Waals surface area contributed by atoms with Crippen LogP contribution in [0.25, 0.3) is 5.76 Å². The van der Waals surface area contributed by atoms with Gasteiger partial charge in [0, 0.05) is 31.9 Å². The van der Waals surface area contributed by atoms with Crippen LogP contribution in [0.5, 0.6) is 23.0 Å². The first-order chi connectivity index (χ1) is 17.9. The van der Waals surface area contributed by atoms with E-state index < -0.39 is 17.7 Å². The fourth-order valence-corrected chi connectivity index (χ4v) is 4.78. The number of fused-ring (bicyclic) bond motifs is 2. The minimum absolute atomic E-state index is 0.0159. The number of benzene rings is 3. The van der Waals surface area contributed by atoms with Gasteiger partial charge in [0.1, 0.15) is 5.76 Å². The molecule has 3 aromatic carbocycles. The van der Waals surface area contributed by atoms with E-state index in [1.165, 1.54) is 4.90 Å². The largest absolute Gasteiger partial charge is 0.507 e. The lowest BCUT2D eigenvalue weighted by atomic mass is 9.94. The number of ether oxygens (including phenoxy) is 4. The van der Waals surface area contributed by atoms with E-state index >= 15 is 0 Å². The zero-order chi connectivity index (χ0) is 25.7. The van der Waals surface area contributed by atoms with Crippen molar-refractivity contribution in [1.29, 1.82) is 0 Å². The quantitative estimate of drug-likeness (QED) is 0.321. The van der Waals surface area contributed by atoms with Gasteiger partial charge >= 0.3 is 0 Å². The molecule has 6 rings (SSSR count). The number of aliphatic hydroxyl groups excluding tert-OH is 1. The molecule has 1 saturated heterocycles. The number of nitrogens with zero attached hydrogens (tertiary/aromatic N) is 2. The second-order valence-electron chi connectivity index (χ2n) is 9.17. The van der Waals surface area contributed by atoms with Gasteiger partial charge in [0.05, 0.1) is 11.6 Å². The fraction of sp³-hybridized carbons (Fsp3) is 0.214. The second-order valence-corrected chi connectivity index (χ2v) is 9.17. The standard InChI is InChI=1S/C28H24N2O7/c1-29(2)19-7-4-17(5-8-19)25-24(26(31)18-6-10-21-23(12-18)37-15-35-21)27(32)28(33)30(25)13-16-3-9-20-22(11-16)36-14-34-20/h3-12,25,31H,13-15H2,1-2H3/b26-24-. The van der Waals surface area contributed by atoms with Crippen LogP contribution in [0.2, 0.25) is 0 Å². The Balaban J connectivity index is 1.45. The molecular formula is C28H24N2O7. The molecule has 3 aliphatic heterocycles. The summed E-state index contributed by atoms with van der Waals surface area (Å²) in [5.41, 5.74) is 2.81. The van der Waals surface area contributed by atoms with E-state index in [9.17, 15) is 14.7 Å². The molecule has 0 spiro atoms. The van der Waals surface area contributed by atoms with Gasteiger partial charge in [-0.1, -0.05) is 18.2 Å². The zero-order valence-corrected chi connectivity index (χ0v) is 20.3. The topological polar surface area (TPSA) is 97.8 Å². The van der Waals surface area contributed by atoms with Gasteiger partial charge in [0.25, 0.3) is 11.7 Å². The fourth-order valence-electron chi connectivity index (χ4n) is 4.78. The van der Waals surface area contributed by atoms with E-state index in [4.69, 9.17) is 18.9 Å². The number of hydrogen-bond acceptors (Lipinski definition) is 8. The van der Waals surface area contributed by atoms with E-state index in [-0.39, 0.29) is 31.5 Å². The van der Waals surface area contributed by atoms with Gasteiger partial charge in [-0.25, -0.2) is 0 Å². The van der Waals surface area contributed by atoms with Gasteiger partial charge in [-0.05, 0) is 53.6 Å². The van der Waals surface area contributed by atoms with Crippen LogP contribution < -0.4 is 23.8 Å². The summed E-state index contributed by atoms with van der Waals surface area (Å²) < 4.78 is 21.7. The molecule has 37 heavy (non-hydrogen) atoms. The Morgan fingerprint density at radius 3 is 2.16 bits per heavy atom. The molecule has 1 amide bonds. The van der Waals surface area contributed by atoms with Crippen LogP contribution in [-0.4, -0.2) is 49.4 Å². The zero-order valence-electron chi connectivity index (χ0n) is 20.3. The van der Waals surface area contributed by atoms with Gasteiger partial charge in [-0.2, -0.15) is 0 Å². The van der Waals surface area contributed by atoms with Crippen molar-refractivity contribution < 1.29 is 33.6 Å². The number of ketones is 1. The smallest absolute Gasteiger partial charge is 0.295 e. The van der Waals surface area contributed by atoms with Crippen LogP contribution in [0.3, 0.4) is 0 Å². The number of rotatable bonds is 5. The molecule has 188 valence electrons. The molecule has 1 N–H and O–H groups in total. The molecule has 0 bridgehead atoms. The summed E-state index contributed by atoms with van der Waals surface area (Å²) in [7, 11) is 3.86. The number of aliphatic hydroxyl groups is 1. The summed E-state index contributed by atoms with van der Waals surface area (Å²) in [6, 6.07) is 17.1. The molecule has 1 unspecified atom stereocenters. The Labute approximate surface area is 213 Å². The van der Waals surface area contributed by atoms with Gasteiger partial charge in [0.2, 0.25) is 13.6 Å². The molecule has 3 aliphatic rings. The average molecular weight is 501 g/mol. The van der Waals surface area contributed by atoms with Crippen molar-refractivity contribution in [3.63, 3.8) is 0 Å². The number of carbonyl (C=O) groups excluding carboxylic acids is 2. The van der Waals surface area contributed by atoms with Gasteiger partial charge in [-0.15, -0.1) is 0 Å². The van der Waals surface area contributed by atoms with Crippen molar-refractivity contribution >= 4 is 23.1 Å². The Kier molecular flexibility index (Phi) is 5.40. The maximum absolute atomic E-state index is 13.4. The number of anilines is 1. The molecule has 0 aromatic heterocycles. The van der Waals surface area contributed by atoms with Crippen molar-refractivity contribution in [3.8, 4) is 23.0 Å². The SMILES string of the molecule is CN(C)c1ccc(C2/C(=C(/O)c3ccc4c(c3)OCO4)C(=O)C(=O)N2Cc2ccc3c(c2)OCO3)cc1. The molecule has 9 nitrogen and oxygen atoms in total. The highest BCUT2D eigenvalue weighted by molar-refractivity contribution is 6.46. The van der Waals surface area contributed by atoms with Gasteiger partial charge < -0.3 is 33.9 Å². The number of hydrogen-bond donors (Lipinski definition) is 1. The second kappa shape index (κ2) is 8.77. The molecule has 0 aliphatic carbocycles. The molecule has 9 heteroatoms. The van der Waals surface area contributed by atoms with E-state index in [0.717, 1.165) is 11.3 Å². The molecule has 3 aromatic rings. The third kappa shape index (κ3) is 3.88. The van der Waals surface area contributed by atoms with Crippen molar-refractivity contribution in [2.24, 2.45) is 0 Å². The van der Waals surface area contributed by atoms with Crippen LogP contribution >= 0.6 is 0 Å². The molecule has 1 fully saturated rings. The Morgan fingerprint density at radius 2 is 1.49 bits per heavy atom. The highest BCUT2D eigenvalue weighted by Gasteiger charge is 2.46. The number of amides is 1. The van der Waals surface area contributed by atoms with Crippen molar-refractivity contribution in [2.75, 3.05) is 32.6 Å². The maximum atomic E-state index is 13.4. The average Bonchev–Trinajstić information content (AvgIpc) is 3.63. The van der Waals surface area contributed by atoms with Crippen LogP contribution in [0.1, 0.15) is 22.7 Å². The Morgan fingerprint density at radius 1 is 0.865 bits per heavy atom. The molecule has 1 atom stereocenters. The van der Waals surface area contributed by atoms with Crippen LogP contribution in [0.15, 0.2) is 66.2 Å². The molecule has 3 heterocycles. The highest BCUT2D eigenvalue weighted by atomic mass is 16.7. The lowest BCUT2D eigenvalue weighted by molar-refractivity contribution is -0.140. The van der Waals surface area contributed by atoms with Crippen molar-refractivity contribution in [2.45, 2.75) is 12.6 Å². The minimum Gasteiger partial charge on any atom is -0.507 e. The molecular weight excluding hydrogens is 476 g/mol. The monoisotopic (exact) mass is 500 g/mol. The molecule has 0 radical (unpaired) electrons. The van der Waals surface area contributed by atoms with E-state index in [2.05, 4.69) is 0 Å². The maximum Gasteiger partial charge on any atom is 0.295 e. The Hall–Kier alpha value is -4.66. The predicted molar refractivity (Wildman–Crippen MR) is 134 cm³/mol. The normalized spacial score (nSPS) is 19.0. The summed E-state index contributed by atoms with van der Waals surface area (Å²) in [6.07, 6.45) is 0. The van der Waals surface area contributed by atoms with Gasteiger partial charge in [-0.3, -0.25) is 9.59 Å². The van der Waals surface area contributed by atoms with E-state index in [1.54, 1.807) is 30.3 Å². The van der Waals surface area contributed by atoms with Crippen molar-refractivity contribution in [3.05, 3.63) is 82.9 Å². The third-order valence-corrected chi connectivity index (χ3v) is 6.70. The summed E-state index contributed by atoms with van der Waals surface area (Å²) in [5, 5.41) is 11.4. The first-order valence-corrected chi connectivity index (χ1v) is 11.7. The van der Waals surface area contributed by atoms with E-state index in [1.807, 2.05) is 49.3 Å². The highest BCUT2D eigenvalue weighted by Crippen LogP contribution is 2.43. The molecule has 0 saturated carbocycles. The lowest BCUT2D eigenvalue weighted by Crippen LogP contribution is -2.29. The van der Waals surface area contributed by atoms with Crippen LogP contribution in [0.4, 0.5) is 5.69 Å². The first kappa shape index (κ1) is 22.8. The van der Waals surface area contributed by atoms with Crippen LogP contribution in [0, 0.1) is 0 Å². The Bertz CT molecular complexity index is 1450.